The second-order valence-electron chi connectivity index (χ2n) is 6.10. The van der Waals surface area contributed by atoms with Crippen molar-refractivity contribution >= 4 is 34.0 Å². The van der Waals surface area contributed by atoms with E-state index in [0.29, 0.717) is 0 Å². The summed E-state index contributed by atoms with van der Waals surface area (Å²) < 4.78 is 2.27. The highest BCUT2D eigenvalue weighted by atomic mass is 14.9. The SMILES string of the molecule is C.C.CC.Cc1ccc2c(c1)c1cc(C=Cc3ccccc3)ccc1n2C. The molecule has 0 saturated heterocycles. The highest BCUT2D eigenvalue weighted by Gasteiger charge is 2.08. The van der Waals surface area contributed by atoms with Crippen LogP contribution in [0.3, 0.4) is 0 Å². The first-order valence-electron chi connectivity index (χ1n) is 8.94. The fourth-order valence-electron chi connectivity index (χ4n) is 3.21. The quantitative estimate of drug-likeness (QED) is 0.318. The minimum Gasteiger partial charge on any atom is -0.344 e. The van der Waals surface area contributed by atoms with Gasteiger partial charge in [-0.2, -0.15) is 0 Å². The molecule has 0 amide bonds. The molecule has 1 nitrogen and oxygen atoms in total. The van der Waals surface area contributed by atoms with Crippen molar-refractivity contribution in [1.29, 1.82) is 0 Å². The van der Waals surface area contributed by atoms with Gasteiger partial charge in [0, 0.05) is 28.9 Å². The molecule has 4 aromatic rings. The standard InChI is InChI=1S/C22H19N.C2H6.2CH4/c1-16-8-12-21-19(14-16)20-15-18(11-13-22(20)23(21)2)10-9-17-6-4-3-5-7-17;1-2;;/h3-15H,1-2H3;1-2H3;2*1H4. The van der Waals surface area contributed by atoms with Crippen LogP contribution in [0, 0.1) is 6.92 Å². The van der Waals surface area contributed by atoms with Gasteiger partial charge < -0.3 is 4.57 Å². The number of rotatable bonds is 2. The van der Waals surface area contributed by atoms with E-state index in [2.05, 4.69) is 91.4 Å². The van der Waals surface area contributed by atoms with Crippen molar-refractivity contribution in [1.82, 2.24) is 4.57 Å². The minimum atomic E-state index is 0. The highest BCUT2D eigenvalue weighted by Crippen LogP contribution is 2.30. The van der Waals surface area contributed by atoms with Crippen molar-refractivity contribution in [2.45, 2.75) is 35.6 Å². The van der Waals surface area contributed by atoms with Gasteiger partial charge in [0.15, 0.2) is 0 Å². The van der Waals surface area contributed by atoms with Gasteiger partial charge in [-0.05, 0) is 42.3 Å². The molecule has 0 aliphatic carbocycles. The average molecular weight is 360 g/mol. The molecule has 27 heavy (non-hydrogen) atoms. The molecule has 0 atom stereocenters. The summed E-state index contributed by atoms with van der Waals surface area (Å²) >= 11 is 0. The van der Waals surface area contributed by atoms with Crippen LogP contribution < -0.4 is 0 Å². The molecule has 142 valence electrons. The molecule has 0 fully saturated rings. The van der Waals surface area contributed by atoms with Crippen LogP contribution in [-0.4, -0.2) is 4.57 Å². The number of aryl methyl sites for hydroxylation is 2. The number of fused-ring (bicyclic) bond motifs is 3. The number of benzene rings is 3. The van der Waals surface area contributed by atoms with Crippen molar-refractivity contribution in [3.63, 3.8) is 0 Å². The van der Waals surface area contributed by atoms with E-state index in [4.69, 9.17) is 0 Å². The molecule has 0 saturated carbocycles. The number of aromatic nitrogens is 1. The molecule has 0 unspecified atom stereocenters. The molecule has 0 spiro atoms. The van der Waals surface area contributed by atoms with Gasteiger partial charge in [-0.15, -0.1) is 0 Å². The Morgan fingerprint density at radius 2 is 1.22 bits per heavy atom. The van der Waals surface area contributed by atoms with Gasteiger partial charge in [0.25, 0.3) is 0 Å². The van der Waals surface area contributed by atoms with E-state index in [0.717, 1.165) is 0 Å². The summed E-state index contributed by atoms with van der Waals surface area (Å²) in [6, 6.07) is 23.8. The summed E-state index contributed by atoms with van der Waals surface area (Å²) in [5.41, 5.74) is 6.32. The molecule has 0 aliphatic rings. The lowest BCUT2D eigenvalue weighted by Gasteiger charge is -1.99. The summed E-state index contributed by atoms with van der Waals surface area (Å²) in [5, 5.41) is 2.65. The molecular formula is C26H33N. The van der Waals surface area contributed by atoms with Crippen molar-refractivity contribution in [3.8, 4) is 0 Å². The largest absolute Gasteiger partial charge is 0.344 e. The Balaban J connectivity index is 0.000000883. The maximum atomic E-state index is 2.29. The maximum Gasteiger partial charge on any atom is 0.0489 e. The van der Waals surface area contributed by atoms with Crippen LogP contribution in [0.15, 0.2) is 66.7 Å². The number of hydrogen-bond donors (Lipinski definition) is 0. The van der Waals surface area contributed by atoms with Crippen LogP contribution in [0.5, 0.6) is 0 Å². The summed E-state index contributed by atoms with van der Waals surface area (Å²) in [4.78, 5) is 0. The Morgan fingerprint density at radius 3 is 1.89 bits per heavy atom. The summed E-state index contributed by atoms with van der Waals surface area (Å²) in [7, 11) is 2.14. The third-order valence-corrected chi connectivity index (χ3v) is 4.45. The van der Waals surface area contributed by atoms with Crippen LogP contribution in [0.4, 0.5) is 0 Å². The Kier molecular flexibility index (Phi) is 8.05. The molecular weight excluding hydrogens is 326 g/mol. The normalized spacial score (nSPS) is 10.2. The second kappa shape index (κ2) is 9.78. The Labute approximate surface area is 165 Å². The molecule has 0 N–H and O–H groups in total. The number of nitrogens with zero attached hydrogens (tertiary/aromatic N) is 1. The van der Waals surface area contributed by atoms with Gasteiger partial charge in [0.2, 0.25) is 0 Å². The fraction of sp³-hybridized carbons (Fsp3) is 0.231. The molecule has 1 heteroatoms. The summed E-state index contributed by atoms with van der Waals surface area (Å²) in [6.45, 7) is 6.15. The van der Waals surface area contributed by atoms with Gasteiger partial charge in [-0.1, -0.05) is 88.9 Å². The van der Waals surface area contributed by atoms with Crippen LogP contribution in [-0.2, 0) is 7.05 Å². The summed E-state index contributed by atoms with van der Waals surface area (Å²) in [6.07, 6.45) is 4.35. The third-order valence-electron chi connectivity index (χ3n) is 4.45. The molecule has 1 aromatic heterocycles. The Morgan fingerprint density at radius 1 is 0.667 bits per heavy atom. The molecule has 0 radical (unpaired) electrons. The second-order valence-corrected chi connectivity index (χ2v) is 6.10. The zero-order chi connectivity index (χ0) is 17.8. The monoisotopic (exact) mass is 359 g/mol. The fourth-order valence-corrected chi connectivity index (χ4v) is 3.21. The van der Waals surface area contributed by atoms with Crippen molar-refractivity contribution < 1.29 is 0 Å². The van der Waals surface area contributed by atoms with Gasteiger partial charge in [0.05, 0.1) is 0 Å². The molecule has 4 rings (SSSR count). The van der Waals surface area contributed by atoms with E-state index in [1.807, 2.05) is 19.9 Å². The van der Waals surface area contributed by atoms with Crippen LogP contribution in [0.25, 0.3) is 34.0 Å². The first-order chi connectivity index (χ1) is 12.2. The van der Waals surface area contributed by atoms with E-state index in [9.17, 15) is 0 Å². The Bertz CT molecular complexity index is 1020. The molecule has 1 heterocycles. The average Bonchev–Trinajstić information content (AvgIpc) is 2.94. The highest BCUT2D eigenvalue weighted by molar-refractivity contribution is 6.08. The predicted molar refractivity (Wildman–Crippen MR) is 125 cm³/mol. The maximum absolute atomic E-state index is 2.29. The molecule has 0 aliphatic heterocycles. The Hall–Kier alpha value is -2.80. The minimum absolute atomic E-state index is 0. The lowest BCUT2D eigenvalue weighted by Crippen LogP contribution is -1.86. The smallest absolute Gasteiger partial charge is 0.0489 e. The van der Waals surface area contributed by atoms with E-state index in [-0.39, 0.29) is 14.9 Å². The van der Waals surface area contributed by atoms with Gasteiger partial charge in [0.1, 0.15) is 0 Å². The van der Waals surface area contributed by atoms with E-state index >= 15 is 0 Å². The first kappa shape index (κ1) is 22.2. The van der Waals surface area contributed by atoms with Crippen LogP contribution in [0.2, 0.25) is 0 Å². The molecule has 3 aromatic carbocycles. The van der Waals surface area contributed by atoms with Crippen LogP contribution >= 0.6 is 0 Å². The number of hydrogen-bond acceptors (Lipinski definition) is 0. The van der Waals surface area contributed by atoms with E-state index in [1.165, 1.54) is 38.5 Å². The van der Waals surface area contributed by atoms with Gasteiger partial charge in [-0.25, -0.2) is 0 Å². The third kappa shape index (κ3) is 4.49. The van der Waals surface area contributed by atoms with E-state index in [1.54, 1.807) is 0 Å². The van der Waals surface area contributed by atoms with E-state index < -0.39 is 0 Å². The zero-order valence-corrected chi connectivity index (χ0v) is 15.5. The topological polar surface area (TPSA) is 4.93 Å². The lowest BCUT2D eigenvalue weighted by molar-refractivity contribution is 1.01. The van der Waals surface area contributed by atoms with Crippen molar-refractivity contribution in [2.75, 3.05) is 0 Å². The summed E-state index contributed by atoms with van der Waals surface area (Å²) in [5.74, 6) is 0. The van der Waals surface area contributed by atoms with Crippen LogP contribution in [0.1, 0.15) is 45.4 Å². The van der Waals surface area contributed by atoms with Gasteiger partial charge in [-0.3, -0.25) is 0 Å². The van der Waals surface area contributed by atoms with Gasteiger partial charge >= 0.3 is 0 Å². The van der Waals surface area contributed by atoms with Crippen molar-refractivity contribution in [3.05, 3.63) is 83.4 Å². The van der Waals surface area contributed by atoms with Crippen molar-refractivity contribution in [2.24, 2.45) is 7.05 Å². The zero-order valence-electron chi connectivity index (χ0n) is 15.5. The first-order valence-corrected chi connectivity index (χ1v) is 8.94. The predicted octanol–water partition coefficient (Wildman–Crippen LogP) is 8.11. The molecule has 0 bridgehead atoms. The lowest BCUT2D eigenvalue weighted by atomic mass is 10.1.